The van der Waals surface area contributed by atoms with Gasteiger partial charge in [-0.1, -0.05) is 41.9 Å². The lowest BCUT2D eigenvalue weighted by molar-refractivity contribution is -0.155. The predicted molar refractivity (Wildman–Crippen MR) is 104 cm³/mol. The van der Waals surface area contributed by atoms with Gasteiger partial charge in [0.25, 0.3) is 11.8 Å². The van der Waals surface area contributed by atoms with Crippen LogP contribution in [-0.4, -0.2) is 37.0 Å². The first-order valence-electron chi connectivity index (χ1n) is 8.39. The highest BCUT2D eigenvalue weighted by molar-refractivity contribution is 6.33. The van der Waals surface area contributed by atoms with Crippen LogP contribution >= 0.6 is 11.6 Å². The van der Waals surface area contributed by atoms with Gasteiger partial charge in [0.05, 0.1) is 10.6 Å². The Hall–Kier alpha value is -2.86. The third-order valence-electron chi connectivity index (χ3n) is 3.93. The summed E-state index contributed by atoms with van der Waals surface area (Å²) in [7, 11) is 1.60. The van der Waals surface area contributed by atoms with E-state index in [4.69, 9.17) is 16.3 Å². The van der Waals surface area contributed by atoms with Crippen LogP contribution in [0.15, 0.2) is 54.6 Å². The molecule has 0 radical (unpaired) electrons. The average Bonchev–Trinajstić information content (AvgIpc) is 2.67. The van der Waals surface area contributed by atoms with Gasteiger partial charge in [0.2, 0.25) is 0 Å². The summed E-state index contributed by atoms with van der Waals surface area (Å²) in [4.78, 5) is 38.3. The second-order valence-corrected chi connectivity index (χ2v) is 6.39. The molecule has 1 N–H and O–H groups in total. The van der Waals surface area contributed by atoms with Gasteiger partial charge in [0, 0.05) is 12.7 Å². The van der Waals surface area contributed by atoms with Crippen LogP contribution in [0.5, 0.6) is 0 Å². The van der Waals surface area contributed by atoms with E-state index >= 15 is 0 Å². The molecule has 2 aromatic carbocycles. The zero-order chi connectivity index (χ0) is 20.0. The maximum absolute atomic E-state index is 12.4. The topological polar surface area (TPSA) is 75.7 Å². The maximum atomic E-state index is 12.4. The zero-order valence-corrected chi connectivity index (χ0v) is 16.1. The minimum atomic E-state index is -0.998. The molecule has 2 aromatic rings. The van der Waals surface area contributed by atoms with E-state index < -0.39 is 24.0 Å². The van der Waals surface area contributed by atoms with Gasteiger partial charge in [0.15, 0.2) is 6.10 Å². The number of halogens is 1. The number of nitrogens with zero attached hydrogens (tertiary/aromatic N) is 1. The quantitative estimate of drug-likeness (QED) is 0.772. The molecule has 0 fully saturated rings. The van der Waals surface area contributed by atoms with Crippen molar-refractivity contribution in [1.29, 1.82) is 0 Å². The summed E-state index contributed by atoms with van der Waals surface area (Å²) in [6, 6.07) is 14.6. The standard InChI is InChI=1S/C20H21ClN2O4/c1-13(22-18(24)16-11-7-8-12-17(16)21)20(26)27-14(2)19(25)23(3)15-9-5-4-6-10-15/h4-14H,1-3H3,(H,22,24). The monoisotopic (exact) mass is 388 g/mol. The van der Waals surface area contributed by atoms with Crippen LogP contribution in [0.1, 0.15) is 24.2 Å². The van der Waals surface area contributed by atoms with E-state index in [-0.39, 0.29) is 16.5 Å². The SMILES string of the molecule is CC(NC(=O)c1ccccc1Cl)C(=O)OC(C)C(=O)N(C)c1ccccc1. The number of amides is 2. The number of carbonyl (C=O) groups excluding carboxylic acids is 3. The average molecular weight is 389 g/mol. The molecule has 0 bridgehead atoms. The normalized spacial score (nSPS) is 12.6. The Labute approximate surface area is 163 Å². The molecule has 2 unspecified atom stereocenters. The van der Waals surface area contributed by atoms with Crippen LogP contribution < -0.4 is 10.2 Å². The molecule has 0 spiro atoms. The van der Waals surface area contributed by atoms with Crippen molar-refractivity contribution in [2.45, 2.75) is 26.0 Å². The number of ether oxygens (including phenoxy) is 1. The lowest BCUT2D eigenvalue weighted by Crippen LogP contribution is -2.44. The number of hydrogen-bond donors (Lipinski definition) is 1. The lowest BCUT2D eigenvalue weighted by Gasteiger charge is -2.23. The van der Waals surface area contributed by atoms with Crippen LogP contribution in [0.4, 0.5) is 5.69 Å². The molecule has 0 aromatic heterocycles. The summed E-state index contributed by atoms with van der Waals surface area (Å²) in [6.45, 7) is 2.97. The molecule has 0 heterocycles. The fraction of sp³-hybridized carbons (Fsp3) is 0.250. The number of rotatable bonds is 6. The third-order valence-corrected chi connectivity index (χ3v) is 4.26. The van der Waals surface area contributed by atoms with E-state index in [2.05, 4.69) is 5.32 Å². The summed E-state index contributed by atoms with van der Waals surface area (Å²) in [5.74, 6) is -1.58. The molecule has 27 heavy (non-hydrogen) atoms. The summed E-state index contributed by atoms with van der Waals surface area (Å²) < 4.78 is 5.21. The molecule has 7 heteroatoms. The van der Waals surface area contributed by atoms with Crippen molar-refractivity contribution in [3.05, 3.63) is 65.2 Å². The van der Waals surface area contributed by atoms with Gasteiger partial charge >= 0.3 is 5.97 Å². The van der Waals surface area contributed by atoms with Gasteiger partial charge in [-0.15, -0.1) is 0 Å². The molecule has 0 aliphatic carbocycles. The second-order valence-electron chi connectivity index (χ2n) is 5.99. The number of benzene rings is 2. The number of hydrogen-bond acceptors (Lipinski definition) is 4. The van der Waals surface area contributed by atoms with Crippen LogP contribution in [0.25, 0.3) is 0 Å². The van der Waals surface area contributed by atoms with Crippen molar-refractivity contribution in [3.8, 4) is 0 Å². The van der Waals surface area contributed by atoms with Crippen molar-refractivity contribution >= 4 is 35.1 Å². The van der Waals surface area contributed by atoms with Crippen molar-refractivity contribution in [2.24, 2.45) is 0 Å². The molecular weight excluding hydrogens is 368 g/mol. The third kappa shape index (κ3) is 5.31. The molecular formula is C20H21ClN2O4. The Morgan fingerprint density at radius 2 is 1.59 bits per heavy atom. The molecule has 2 amide bonds. The van der Waals surface area contributed by atoms with Gasteiger partial charge in [-0.3, -0.25) is 9.59 Å². The first-order chi connectivity index (χ1) is 12.8. The molecule has 2 atom stereocenters. The van der Waals surface area contributed by atoms with Gasteiger partial charge < -0.3 is 15.0 Å². The Bertz CT molecular complexity index is 826. The first-order valence-corrected chi connectivity index (χ1v) is 8.77. The number of carbonyl (C=O) groups is 3. The van der Waals surface area contributed by atoms with Crippen molar-refractivity contribution in [2.75, 3.05) is 11.9 Å². The zero-order valence-electron chi connectivity index (χ0n) is 15.3. The molecule has 6 nitrogen and oxygen atoms in total. The number of likely N-dealkylation sites (N-methyl/N-ethyl adjacent to an activating group) is 1. The minimum Gasteiger partial charge on any atom is -0.451 e. The van der Waals surface area contributed by atoms with E-state index in [1.807, 2.05) is 18.2 Å². The highest BCUT2D eigenvalue weighted by atomic mass is 35.5. The van der Waals surface area contributed by atoms with Gasteiger partial charge in [0.1, 0.15) is 6.04 Å². The lowest BCUT2D eigenvalue weighted by atomic mass is 10.2. The van der Waals surface area contributed by atoms with E-state index in [0.29, 0.717) is 5.69 Å². The summed E-state index contributed by atoms with van der Waals surface area (Å²) in [5, 5.41) is 2.80. The van der Waals surface area contributed by atoms with Crippen molar-refractivity contribution < 1.29 is 19.1 Å². The van der Waals surface area contributed by atoms with Gasteiger partial charge in [-0.05, 0) is 38.1 Å². The molecule has 142 valence electrons. The molecule has 0 saturated carbocycles. The predicted octanol–water partition coefficient (Wildman–Crippen LogP) is 3.05. The Balaban J connectivity index is 1.94. The molecule has 0 aliphatic heterocycles. The first kappa shape index (κ1) is 20.5. The highest BCUT2D eigenvalue weighted by Gasteiger charge is 2.26. The van der Waals surface area contributed by atoms with E-state index in [0.717, 1.165) is 0 Å². The van der Waals surface area contributed by atoms with Gasteiger partial charge in [-0.2, -0.15) is 0 Å². The fourth-order valence-electron chi connectivity index (χ4n) is 2.36. The van der Waals surface area contributed by atoms with Crippen LogP contribution in [-0.2, 0) is 14.3 Å². The second kappa shape index (κ2) is 9.19. The van der Waals surface area contributed by atoms with E-state index in [9.17, 15) is 14.4 Å². The Morgan fingerprint density at radius 1 is 1.00 bits per heavy atom. The summed E-state index contributed by atoms with van der Waals surface area (Å²) in [6.07, 6.45) is -0.998. The fourth-order valence-corrected chi connectivity index (χ4v) is 2.58. The van der Waals surface area contributed by atoms with Crippen molar-refractivity contribution in [1.82, 2.24) is 5.32 Å². The smallest absolute Gasteiger partial charge is 0.329 e. The highest BCUT2D eigenvalue weighted by Crippen LogP contribution is 2.15. The largest absolute Gasteiger partial charge is 0.451 e. The minimum absolute atomic E-state index is 0.256. The number of nitrogens with one attached hydrogen (secondary N) is 1. The van der Waals surface area contributed by atoms with Crippen LogP contribution in [0.2, 0.25) is 5.02 Å². The Kier molecular flexibility index (Phi) is 6.96. The number of para-hydroxylation sites is 1. The van der Waals surface area contributed by atoms with Crippen LogP contribution in [0.3, 0.4) is 0 Å². The molecule has 0 saturated heterocycles. The number of anilines is 1. The van der Waals surface area contributed by atoms with Gasteiger partial charge in [-0.25, -0.2) is 4.79 Å². The van der Waals surface area contributed by atoms with E-state index in [1.165, 1.54) is 18.7 Å². The number of esters is 1. The van der Waals surface area contributed by atoms with E-state index in [1.54, 1.807) is 43.4 Å². The maximum Gasteiger partial charge on any atom is 0.329 e. The molecule has 2 rings (SSSR count). The van der Waals surface area contributed by atoms with Crippen LogP contribution in [0, 0.1) is 0 Å². The Morgan fingerprint density at radius 3 is 2.22 bits per heavy atom. The summed E-state index contributed by atoms with van der Waals surface area (Å²) in [5.41, 5.74) is 0.942. The van der Waals surface area contributed by atoms with Crippen molar-refractivity contribution in [3.63, 3.8) is 0 Å². The molecule has 0 aliphatic rings. The summed E-state index contributed by atoms with van der Waals surface area (Å²) >= 11 is 5.97.